The highest BCUT2D eigenvalue weighted by molar-refractivity contribution is 5.81. The standard InChI is InChI=1S/C14H11N5O/c1-8-16-12-5-3-10(7-14(12)20-8)19-13-6-9(15)2-4-11(13)17-18-19/h2-7H,15H2,1H3. The number of aryl methyl sites for hydroxylation is 1. The van der Waals surface area contributed by atoms with Crippen molar-refractivity contribution in [3.8, 4) is 5.69 Å². The average Bonchev–Trinajstić information content (AvgIpc) is 2.99. The van der Waals surface area contributed by atoms with Crippen LogP contribution in [0.25, 0.3) is 27.8 Å². The van der Waals surface area contributed by atoms with Crippen LogP contribution in [0.4, 0.5) is 5.69 Å². The van der Waals surface area contributed by atoms with Crippen molar-refractivity contribution in [2.45, 2.75) is 6.92 Å². The fourth-order valence-electron chi connectivity index (χ4n) is 2.29. The maximum atomic E-state index is 5.83. The predicted molar refractivity (Wildman–Crippen MR) is 75.6 cm³/mol. The third kappa shape index (κ3) is 1.55. The Kier molecular flexibility index (Phi) is 2.09. The van der Waals surface area contributed by atoms with Gasteiger partial charge in [-0.05, 0) is 30.3 Å². The molecule has 4 rings (SSSR count). The molecule has 0 aliphatic heterocycles. The molecular formula is C14H11N5O. The second-order valence-electron chi connectivity index (χ2n) is 4.63. The molecule has 0 spiro atoms. The molecule has 2 aromatic heterocycles. The Morgan fingerprint density at radius 3 is 2.85 bits per heavy atom. The van der Waals surface area contributed by atoms with Crippen LogP contribution in [0.2, 0.25) is 0 Å². The lowest BCUT2D eigenvalue weighted by Gasteiger charge is -2.02. The van der Waals surface area contributed by atoms with Gasteiger partial charge in [0.15, 0.2) is 11.5 Å². The van der Waals surface area contributed by atoms with Gasteiger partial charge in [-0.2, -0.15) is 0 Å². The first-order chi connectivity index (χ1) is 9.70. The maximum Gasteiger partial charge on any atom is 0.192 e. The number of fused-ring (bicyclic) bond motifs is 2. The number of hydrogen-bond acceptors (Lipinski definition) is 5. The number of anilines is 1. The average molecular weight is 265 g/mol. The number of aromatic nitrogens is 4. The van der Waals surface area contributed by atoms with Gasteiger partial charge in [-0.25, -0.2) is 9.67 Å². The predicted octanol–water partition coefficient (Wildman–Crippen LogP) is 2.45. The van der Waals surface area contributed by atoms with Gasteiger partial charge in [-0.15, -0.1) is 5.10 Å². The van der Waals surface area contributed by atoms with Gasteiger partial charge in [0, 0.05) is 18.7 Å². The van der Waals surface area contributed by atoms with Crippen LogP contribution in [0.3, 0.4) is 0 Å². The molecule has 0 amide bonds. The molecule has 0 fully saturated rings. The molecular weight excluding hydrogens is 254 g/mol. The van der Waals surface area contributed by atoms with Gasteiger partial charge >= 0.3 is 0 Å². The molecule has 20 heavy (non-hydrogen) atoms. The Labute approximate surface area is 113 Å². The summed E-state index contributed by atoms with van der Waals surface area (Å²) in [5.41, 5.74) is 10.6. The van der Waals surface area contributed by atoms with Crippen LogP contribution >= 0.6 is 0 Å². The molecule has 6 heteroatoms. The van der Waals surface area contributed by atoms with Crippen molar-refractivity contribution in [3.63, 3.8) is 0 Å². The molecule has 98 valence electrons. The molecule has 6 nitrogen and oxygen atoms in total. The minimum Gasteiger partial charge on any atom is -0.441 e. The highest BCUT2D eigenvalue weighted by Crippen LogP contribution is 2.22. The molecule has 0 aliphatic rings. The van der Waals surface area contributed by atoms with Crippen LogP contribution in [0, 0.1) is 6.92 Å². The van der Waals surface area contributed by atoms with Crippen molar-refractivity contribution in [1.29, 1.82) is 0 Å². The molecule has 0 unspecified atom stereocenters. The molecule has 0 atom stereocenters. The molecule has 2 heterocycles. The molecule has 2 aromatic carbocycles. The SMILES string of the molecule is Cc1nc2ccc(-n3nnc4ccc(N)cc43)cc2o1. The first kappa shape index (κ1) is 11.0. The van der Waals surface area contributed by atoms with Crippen molar-refractivity contribution >= 4 is 27.8 Å². The quantitative estimate of drug-likeness (QED) is 0.534. The van der Waals surface area contributed by atoms with Gasteiger partial charge in [0.05, 0.1) is 11.2 Å². The van der Waals surface area contributed by atoms with Gasteiger partial charge in [-0.3, -0.25) is 0 Å². The minimum atomic E-state index is 0.643. The topological polar surface area (TPSA) is 82.8 Å². The number of hydrogen-bond donors (Lipinski definition) is 1. The van der Waals surface area contributed by atoms with Crippen molar-refractivity contribution < 1.29 is 4.42 Å². The summed E-state index contributed by atoms with van der Waals surface area (Å²) in [6.07, 6.45) is 0. The van der Waals surface area contributed by atoms with Gasteiger partial charge < -0.3 is 10.2 Å². The summed E-state index contributed by atoms with van der Waals surface area (Å²) in [7, 11) is 0. The number of benzene rings is 2. The summed E-state index contributed by atoms with van der Waals surface area (Å²) in [5.74, 6) is 0.643. The largest absolute Gasteiger partial charge is 0.441 e. The Morgan fingerprint density at radius 2 is 1.95 bits per heavy atom. The first-order valence-electron chi connectivity index (χ1n) is 6.19. The Balaban J connectivity index is 1.97. The maximum absolute atomic E-state index is 5.83. The normalized spacial score (nSPS) is 11.4. The number of rotatable bonds is 1. The Bertz CT molecular complexity index is 937. The number of oxazole rings is 1. The van der Waals surface area contributed by atoms with Crippen LogP contribution in [-0.2, 0) is 0 Å². The minimum absolute atomic E-state index is 0.643. The Morgan fingerprint density at radius 1 is 1.10 bits per heavy atom. The summed E-state index contributed by atoms with van der Waals surface area (Å²) in [5, 5.41) is 8.30. The van der Waals surface area contributed by atoms with Crippen LogP contribution < -0.4 is 5.73 Å². The summed E-state index contributed by atoms with van der Waals surface area (Å²) in [6.45, 7) is 1.82. The highest BCUT2D eigenvalue weighted by atomic mass is 16.3. The van der Waals surface area contributed by atoms with Crippen molar-refractivity contribution in [3.05, 3.63) is 42.3 Å². The van der Waals surface area contributed by atoms with E-state index in [0.717, 1.165) is 27.8 Å². The van der Waals surface area contributed by atoms with Crippen LogP contribution in [-0.4, -0.2) is 20.0 Å². The lowest BCUT2D eigenvalue weighted by molar-refractivity contribution is 0.561. The van der Waals surface area contributed by atoms with Gasteiger partial charge in [0.2, 0.25) is 0 Å². The lowest BCUT2D eigenvalue weighted by atomic mass is 10.2. The fourth-order valence-corrected chi connectivity index (χ4v) is 2.29. The van der Waals surface area contributed by atoms with E-state index in [1.165, 1.54) is 0 Å². The first-order valence-corrected chi connectivity index (χ1v) is 6.19. The highest BCUT2D eigenvalue weighted by Gasteiger charge is 2.09. The number of nitrogens with two attached hydrogens (primary N) is 1. The van der Waals surface area contributed by atoms with Crippen molar-refractivity contribution in [1.82, 2.24) is 20.0 Å². The van der Waals surface area contributed by atoms with E-state index >= 15 is 0 Å². The van der Waals surface area contributed by atoms with E-state index in [-0.39, 0.29) is 0 Å². The summed E-state index contributed by atoms with van der Waals surface area (Å²) >= 11 is 0. The smallest absolute Gasteiger partial charge is 0.192 e. The number of nitrogen functional groups attached to an aromatic ring is 1. The van der Waals surface area contributed by atoms with Crippen molar-refractivity contribution in [2.75, 3.05) is 5.73 Å². The van der Waals surface area contributed by atoms with Gasteiger partial charge in [0.1, 0.15) is 11.0 Å². The van der Waals surface area contributed by atoms with E-state index in [4.69, 9.17) is 10.2 Å². The van der Waals surface area contributed by atoms with E-state index in [0.29, 0.717) is 11.6 Å². The van der Waals surface area contributed by atoms with E-state index in [2.05, 4.69) is 15.3 Å². The molecule has 0 saturated carbocycles. The third-order valence-electron chi connectivity index (χ3n) is 3.19. The Hall–Kier alpha value is -2.89. The zero-order valence-electron chi connectivity index (χ0n) is 10.7. The number of nitrogens with zero attached hydrogens (tertiary/aromatic N) is 4. The monoisotopic (exact) mass is 265 g/mol. The molecule has 0 saturated heterocycles. The second-order valence-corrected chi connectivity index (χ2v) is 4.63. The molecule has 0 aliphatic carbocycles. The molecule has 4 aromatic rings. The molecule has 0 bridgehead atoms. The summed E-state index contributed by atoms with van der Waals surface area (Å²) in [4.78, 5) is 4.28. The van der Waals surface area contributed by atoms with E-state index < -0.39 is 0 Å². The zero-order valence-corrected chi connectivity index (χ0v) is 10.7. The van der Waals surface area contributed by atoms with Crippen LogP contribution in [0.5, 0.6) is 0 Å². The van der Waals surface area contributed by atoms with Gasteiger partial charge in [-0.1, -0.05) is 5.21 Å². The third-order valence-corrected chi connectivity index (χ3v) is 3.19. The van der Waals surface area contributed by atoms with Crippen LogP contribution in [0.15, 0.2) is 40.8 Å². The van der Waals surface area contributed by atoms with Crippen LogP contribution in [0.1, 0.15) is 5.89 Å². The zero-order chi connectivity index (χ0) is 13.7. The summed E-state index contributed by atoms with van der Waals surface area (Å²) in [6, 6.07) is 11.2. The van der Waals surface area contributed by atoms with E-state index in [1.54, 1.807) is 4.68 Å². The molecule has 2 N–H and O–H groups in total. The lowest BCUT2D eigenvalue weighted by Crippen LogP contribution is -1.96. The fraction of sp³-hybridized carbons (Fsp3) is 0.0714. The molecule has 0 radical (unpaired) electrons. The van der Waals surface area contributed by atoms with E-state index in [1.807, 2.05) is 43.3 Å². The van der Waals surface area contributed by atoms with E-state index in [9.17, 15) is 0 Å². The van der Waals surface area contributed by atoms with Gasteiger partial charge in [0.25, 0.3) is 0 Å². The second kappa shape index (κ2) is 3.80. The summed E-state index contributed by atoms with van der Waals surface area (Å²) < 4.78 is 7.28. The van der Waals surface area contributed by atoms with Crippen molar-refractivity contribution in [2.24, 2.45) is 0 Å².